The third-order valence-electron chi connectivity index (χ3n) is 7.61. The number of likely N-dealkylation sites (tertiary alicyclic amines) is 1. The molecule has 36 heavy (non-hydrogen) atoms. The van der Waals surface area contributed by atoms with Crippen LogP contribution in [0.15, 0.2) is 30.6 Å². The minimum absolute atomic E-state index is 0. The van der Waals surface area contributed by atoms with Crippen molar-refractivity contribution >= 4 is 22.6 Å². The van der Waals surface area contributed by atoms with Crippen molar-refractivity contribution in [2.45, 2.75) is 51.7 Å². The second-order valence-electron chi connectivity index (χ2n) is 10.3. The van der Waals surface area contributed by atoms with Crippen LogP contribution in [0.2, 0.25) is 0 Å². The van der Waals surface area contributed by atoms with Crippen molar-refractivity contribution in [3.05, 3.63) is 36.4 Å². The Morgan fingerprint density at radius 3 is 2.81 bits per heavy atom. The third kappa shape index (κ3) is 4.00. The Hall–Kier alpha value is -3.18. The summed E-state index contributed by atoms with van der Waals surface area (Å²) in [4.78, 5) is 16.2. The van der Waals surface area contributed by atoms with Gasteiger partial charge in [-0.25, -0.2) is 28.2 Å². The van der Waals surface area contributed by atoms with E-state index < -0.39 is 13.0 Å². The van der Waals surface area contributed by atoms with Gasteiger partial charge in [-0.3, -0.25) is 4.90 Å². The molecule has 0 radical (unpaired) electrons. The second kappa shape index (κ2) is 8.74. The van der Waals surface area contributed by atoms with Crippen LogP contribution in [0.5, 0.6) is 0 Å². The van der Waals surface area contributed by atoms with Crippen LogP contribution >= 0.6 is 0 Å². The van der Waals surface area contributed by atoms with Gasteiger partial charge in [0.05, 0.1) is 42.7 Å². The van der Waals surface area contributed by atoms with Crippen molar-refractivity contribution < 1.29 is 14.9 Å². The van der Waals surface area contributed by atoms with Gasteiger partial charge in [-0.1, -0.05) is 6.92 Å². The van der Waals surface area contributed by atoms with Crippen LogP contribution in [-0.2, 0) is 11.3 Å². The van der Waals surface area contributed by atoms with Crippen molar-refractivity contribution in [1.29, 1.82) is 0 Å². The fourth-order valence-electron chi connectivity index (χ4n) is 5.40. The number of hydrogen-bond acceptors (Lipinski definition) is 7. The Kier molecular flexibility index (Phi) is 5.64. The Balaban J connectivity index is 0.00000280. The molecule has 0 spiro atoms. The van der Waals surface area contributed by atoms with E-state index in [2.05, 4.69) is 44.1 Å². The first kappa shape index (κ1) is 23.2. The minimum atomic E-state index is -2.48. The van der Waals surface area contributed by atoms with Gasteiger partial charge in [0, 0.05) is 32.3 Å². The molecule has 4 aromatic heterocycles. The van der Waals surface area contributed by atoms with Crippen LogP contribution in [0.25, 0.3) is 27.9 Å². The highest BCUT2D eigenvalue weighted by atomic mass is 19.3. The van der Waals surface area contributed by atoms with Gasteiger partial charge in [0.1, 0.15) is 11.3 Å². The van der Waals surface area contributed by atoms with Gasteiger partial charge < -0.3 is 14.6 Å². The van der Waals surface area contributed by atoms with Crippen LogP contribution in [0.4, 0.5) is 14.7 Å². The zero-order chi connectivity index (χ0) is 25.0. The maximum atomic E-state index is 13.1. The normalized spacial score (nSPS) is 22.4. The number of fused-ring (bicyclic) bond motifs is 2. The molecule has 6 heterocycles. The zero-order valence-corrected chi connectivity index (χ0v) is 20.7. The van der Waals surface area contributed by atoms with E-state index in [1.54, 1.807) is 17.6 Å². The van der Waals surface area contributed by atoms with Crippen LogP contribution in [0, 0.1) is 12.8 Å². The Bertz CT molecular complexity index is 1420. The van der Waals surface area contributed by atoms with Crippen molar-refractivity contribution in [2.75, 3.05) is 31.6 Å². The highest BCUT2D eigenvalue weighted by Gasteiger charge is 2.42. The number of pyridine rings is 1. The first-order valence-electron chi connectivity index (χ1n) is 12.4. The molecule has 9 nitrogen and oxygen atoms in total. The fraction of sp³-hybridized carbons (Fsp3) is 0.520. The number of nitrogens with zero attached hydrogens (tertiary/aromatic N) is 7. The van der Waals surface area contributed by atoms with Crippen LogP contribution < -0.4 is 5.32 Å². The SMILES string of the molecule is Cc1nc2ccc(-c3ccn4nc(N[C@H]5CCN(C6(C)COC6)C[C@H]5C)ncc34)nc2n1CC(F)F.[HH]. The Morgan fingerprint density at radius 2 is 2.08 bits per heavy atom. The predicted molar refractivity (Wildman–Crippen MR) is 134 cm³/mol. The number of ether oxygens (including phenoxy) is 1. The molecule has 6 rings (SSSR count). The monoisotopic (exact) mass is 498 g/mol. The Labute approximate surface area is 209 Å². The number of nitrogens with one attached hydrogen (secondary N) is 1. The third-order valence-corrected chi connectivity index (χ3v) is 7.61. The van der Waals surface area contributed by atoms with Crippen molar-refractivity contribution in [1.82, 2.24) is 34.0 Å². The average molecular weight is 499 g/mol. The summed E-state index contributed by atoms with van der Waals surface area (Å²) in [6, 6.07) is 5.88. The average Bonchev–Trinajstić information content (AvgIpc) is 3.38. The van der Waals surface area contributed by atoms with E-state index in [1.807, 2.05) is 24.4 Å². The standard InChI is InChI=1S/C25H30F2N8O.H2/c1-15-11-33(25(3)13-36-14-25)8-7-18(15)31-24-28-10-21-17(6-9-35(21)32-24)19-4-5-20-23(30-19)34(12-22(26)27)16(2)29-20;/h4-6,9-10,15,18,22H,7-8,11-14H2,1-3H3,(H,31,32);1H/t15-,18+;/m1./s1. The lowest BCUT2D eigenvalue weighted by molar-refractivity contribution is -0.140. The van der Waals surface area contributed by atoms with Crippen molar-refractivity contribution in [3.63, 3.8) is 0 Å². The van der Waals surface area contributed by atoms with Gasteiger partial charge in [-0.2, -0.15) is 0 Å². The first-order chi connectivity index (χ1) is 17.3. The maximum Gasteiger partial charge on any atom is 0.256 e. The van der Waals surface area contributed by atoms with E-state index in [9.17, 15) is 8.78 Å². The highest BCUT2D eigenvalue weighted by molar-refractivity contribution is 5.82. The molecule has 0 aliphatic carbocycles. The van der Waals surface area contributed by atoms with E-state index in [-0.39, 0.29) is 6.97 Å². The maximum absolute atomic E-state index is 13.1. The van der Waals surface area contributed by atoms with E-state index in [0.29, 0.717) is 40.6 Å². The first-order valence-corrected chi connectivity index (χ1v) is 12.4. The van der Waals surface area contributed by atoms with E-state index in [1.165, 1.54) is 4.57 Å². The number of piperidine rings is 1. The molecule has 0 bridgehead atoms. The number of aromatic nitrogens is 6. The number of hydrogen-bond donors (Lipinski definition) is 1. The smallest absolute Gasteiger partial charge is 0.256 e. The largest absolute Gasteiger partial charge is 0.377 e. The van der Waals surface area contributed by atoms with E-state index >= 15 is 0 Å². The number of aryl methyl sites for hydroxylation is 1. The summed E-state index contributed by atoms with van der Waals surface area (Å²) >= 11 is 0. The van der Waals surface area contributed by atoms with Crippen LogP contribution in [0.3, 0.4) is 0 Å². The summed E-state index contributed by atoms with van der Waals surface area (Å²) in [6.07, 6.45) is 2.19. The summed E-state index contributed by atoms with van der Waals surface area (Å²) in [7, 11) is 0. The molecule has 0 aromatic carbocycles. The molecular formula is C25H32F2N8O. The Morgan fingerprint density at radius 1 is 1.25 bits per heavy atom. The summed E-state index contributed by atoms with van der Waals surface area (Å²) < 4.78 is 34.9. The van der Waals surface area contributed by atoms with Crippen LogP contribution in [-0.4, -0.2) is 78.3 Å². The molecule has 192 valence electrons. The molecule has 2 aliphatic heterocycles. The summed E-state index contributed by atoms with van der Waals surface area (Å²) in [6.45, 7) is 9.48. The quantitative estimate of drug-likeness (QED) is 0.432. The lowest BCUT2D eigenvalue weighted by Crippen LogP contribution is -2.64. The summed E-state index contributed by atoms with van der Waals surface area (Å²) in [5, 5.41) is 8.22. The molecular weight excluding hydrogens is 466 g/mol. The molecule has 0 amide bonds. The van der Waals surface area contributed by atoms with Gasteiger partial charge in [0.15, 0.2) is 5.65 Å². The number of anilines is 1. The molecule has 2 fully saturated rings. The van der Waals surface area contributed by atoms with Gasteiger partial charge in [-0.05, 0) is 44.4 Å². The number of imidazole rings is 1. The van der Waals surface area contributed by atoms with Gasteiger partial charge in [-0.15, -0.1) is 5.10 Å². The van der Waals surface area contributed by atoms with Gasteiger partial charge in [0.2, 0.25) is 5.95 Å². The van der Waals surface area contributed by atoms with Crippen molar-refractivity contribution in [3.8, 4) is 11.3 Å². The van der Waals surface area contributed by atoms with Gasteiger partial charge in [0.25, 0.3) is 6.43 Å². The van der Waals surface area contributed by atoms with Crippen molar-refractivity contribution in [2.24, 2.45) is 5.92 Å². The highest BCUT2D eigenvalue weighted by Crippen LogP contribution is 2.31. The lowest BCUT2D eigenvalue weighted by atomic mass is 9.88. The second-order valence-corrected chi connectivity index (χ2v) is 10.3. The minimum Gasteiger partial charge on any atom is -0.377 e. The molecule has 2 atom stereocenters. The molecule has 2 saturated heterocycles. The summed E-state index contributed by atoms with van der Waals surface area (Å²) in [5.41, 5.74) is 3.52. The molecule has 2 aliphatic rings. The zero-order valence-electron chi connectivity index (χ0n) is 20.7. The molecule has 4 aromatic rings. The number of halogens is 2. The molecule has 1 N–H and O–H groups in total. The molecule has 0 unspecified atom stereocenters. The lowest BCUT2D eigenvalue weighted by Gasteiger charge is -2.51. The topological polar surface area (TPSA) is 85.4 Å². The fourth-order valence-corrected chi connectivity index (χ4v) is 5.40. The number of rotatable bonds is 6. The van der Waals surface area contributed by atoms with Gasteiger partial charge >= 0.3 is 0 Å². The number of alkyl halides is 2. The van der Waals surface area contributed by atoms with Crippen LogP contribution in [0.1, 0.15) is 27.5 Å². The molecule has 0 saturated carbocycles. The van der Waals surface area contributed by atoms with E-state index in [4.69, 9.17) is 4.74 Å². The molecule has 11 heteroatoms. The summed E-state index contributed by atoms with van der Waals surface area (Å²) in [5.74, 6) is 1.56. The van der Waals surface area contributed by atoms with E-state index in [0.717, 1.165) is 43.8 Å². The predicted octanol–water partition coefficient (Wildman–Crippen LogP) is 3.87.